The van der Waals surface area contributed by atoms with Gasteiger partial charge in [-0.3, -0.25) is 0 Å². The Morgan fingerprint density at radius 3 is 2.53 bits per heavy atom. The van der Waals surface area contributed by atoms with E-state index in [2.05, 4.69) is 62.3 Å². The first kappa shape index (κ1) is 24.5. The smallest absolute Gasteiger partial charge is 0.141 e. The van der Waals surface area contributed by atoms with Crippen LogP contribution in [0.25, 0.3) is 11.6 Å². The van der Waals surface area contributed by atoms with Crippen LogP contribution >= 0.6 is 0 Å². The van der Waals surface area contributed by atoms with Crippen molar-refractivity contribution in [2.75, 3.05) is 0 Å². The van der Waals surface area contributed by atoms with Crippen molar-refractivity contribution in [3.05, 3.63) is 76.0 Å². The lowest BCUT2D eigenvalue weighted by Gasteiger charge is -2.40. The van der Waals surface area contributed by atoms with E-state index in [4.69, 9.17) is 4.52 Å². The summed E-state index contributed by atoms with van der Waals surface area (Å²) in [6, 6.07) is 0. The number of aliphatic hydroxyl groups is 1. The number of aryl methyl sites for hydroxylation is 4. The topological polar surface area (TPSA) is 62.0 Å². The highest BCUT2D eigenvalue weighted by Gasteiger charge is 2.37. The Bertz CT molecular complexity index is 1130. The number of aliphatic hydroxyl groups excluding tert-OH is 1. The van der Waals surface area contributed by atoms with Crippen molar-refractivity contribution in [2.45, 2.75) is 85.7 Å². The van der Waals surface area contributed by atoms with E-state index in [1.165, 1.54) is 16.8 Å². The van der Waals surface area contributed by atoms with Crippen LogP contribution < -0.4 is 0 Å². The largest absolute Gasteiger partial charge is 0.388 e. The third kappa shape index (κ3) is 4.29. The van der Waals surface area contributed by atoms with Crippen molar-refractivity contribution in [1.82, 2.24) is 10.1 Å². The minimum absolute atomic E-state index is 0.00943. The molecule has 2 aliphatic carbocycles. The van der Waals surface area contributed by atoms with Crippen LogP contribution in [0.1, 0.15) is 98.5 Å². The fourth-order valence-electron chi connectivity index (χ4n) is 6.03. The SMILES string of the molecule is C=CC1(C(=C)C)CCC(C(O)c2c(CC)[nH]c3c2C=C(c2c(C)noc2C)C=C(C)CC3)CC1. The van der Waals surface area contributed by atoms with Crippen LogP contribution in [0, 0.1) is 25.2 Å². The van der Waals surface area contributed by atoms with E-state index >= 15 is 0 Å². The second-order valence-electron chi connectivity index (χ2n) is 10.5. The Labute approximate surface area is 204 Å². The first-order valence-electron chi connectivity index (χ1n) is 12.7. The van der Waals surface area contributed by atoms with Crippen molar-refractivity contribution in [3.63, 3.8) is 0 Å². The molecule has 1 unspecified atom stereocenters. The molecule has 2 aromatic rings. The molecule has 1 fully saturated rings. The first-order chi connectivity index (χ1) is 16.2. The van der Waals surface area contributed by atoms with Gasteiger partial charge in [-0.1, -0.05) is 42.0 Å². The molecule has 34 heavy (non-hydrogen) atoms. The van der Waals surface area contributed by atoms with Gasteiger partial charge in [-0.2, -0.15) is 0 Å². The van der Waals surface area contributed by atoms with Crippen LogP contribution in [0.4, 0.5) is 0 Å². The molecule has 2 N–H and O–H groups in total. The van der Waals surface area contributed by atoms with Crippen LogP contribution in [0.3, 0.4) is 0 Å². The van der Waals surface area contributed by atoms with Crippen molar-refractivity contribution in [1.29, 1.82) is 0 Å². The quantitative estimate of drug-likeness (QED) is 0.437. The third-order valence-corrected chi connectivity index (χ3v) is 8.29. The lowest BCUT2D eigenvalue weighted by molar-refractivity contribution is 0.0661. The molecule has 0 spiro atoms. The molecule has 4 nitrogen and oxygen atoms in total. The van der Waals surface area contributed by atoms with Crippen LogP contribution in [0.2, 0.25) is 0 Å². The van der Waals surface area contributed by atoms with E-state index in [-0.39, 0.29) is 11.3 Å². The molecule has 4 rings (SSSR count). The monoisotopic (exact) mass is 460 g/mol. The predicted molar refractivity (Wildman–Crippen MR) is 140 cm³/mol. The van der Waals surface area contributed by atoms with Crippen molar-refractivity contribution >= 4 is 11.6 Å². The molecule has 0 aliphatic heterocycles. The Balaban J connectivity index is 1.76. The molecule has 0 aromatic carbocycles. The molecular formula is C30H40N2O2. The molecule has 1 atom stereocenters. The van der Waals surface area contributed by atoms with E-state index in [0.29, 0.717) is 0 Å². The second kappa shape index (κ2) is 9.58. The summed E-state index contributed by atoms with van der Waals surface area (Å²) in [5, 5.41) is 16.0. The molecule has 2 aromatic heterocycles. The van der Waals surface area contributed by atoms with Crippen molar-refractivity contribution in [2.24, 2.45) is 11.3 Å². The van der Waals surface area contributed by atoms with Gasteiger partial charge in [0.1, 0.15) is 5.76 Å². The van der Waals surface area contributed by atoms with E-state index < -0.39 is 6.10 Å². The number of fused-ring (bicyclic) bond motifs is 1. The zero-order valence-electron chi connectivity index (χ0n) is 21.6. The summed E-state index contributed by atoms with van der Waals surface area (Å²) in [4.78, 5) is 3.70. The number of allylic oxidation sites excluding steroid dienone is 5. The number of H-pyrrole nitrogens is 1. The molecule has 182 valence electrons. The number of rotatable bonds is 6. The average Bonchev–Trinajstić information content (AvgIpc) is 3.33. The summed E-state index contributed by atoms with van der Waals surface area (Å²) in [6.45, 7) is 18.8. The van der Waals surface area contributed by atoms with E-state index in [1.54, 1.807) is 0 Å². The number of aromatic amines is 1. The zero-order valence-corrected chi connectivity index (χ0v) is 21.6. The zero-order chi connectivity index (χ0) is 24.6. The third-order valence-electron chi connectivity index (χ3n) is 8.29. The summed E-state index contributed by atoms with van der Waals surface area (Å²) >= 11 is 0. The summed E-state index contributed by atoms with van der Waals surface area (Å²) in [6.07, 6.45) is 12.9. The molecular weight excluding hydrogens is 420 g/mol. The van der Waals surface area contributed by atoms with E-state index in [1.807, 2.05) is 13.8 Å². The summed E-state index contributed by atoms with van der Waals surface area (Å²) in [7, 11) is 0. The maximum atomic E-state index is 11.8. The fraction of sp³-hybridized carbons (Fsp3) is 0.500. The van der Waals surface area contributed by atoms with Crippen LogP contribution in [0.15, 0.2) is 41.0 Å². The number of hydrogen-bond acceptors (Lipinski definition) is 3. The van der Waals surface area contributed by atoms with Crippen molar-refractivity contribution in [3.8, 4) is 0 Å². The summed E-state index contributed by atoms with van der Waals surface area (Å²) < 4.78 is 5.50. The second-order valence-corrected chi connectivity index (χ2v) is 10.5. The molecule has 2 aliphatic rings. The van der Waals surface area contributed by atoms with E-state index in [9.17, 15) is 5.11 Å². The minimum atomic E-state index is -0.491. The van der Waals surface area contributed by atoms with Gasteiger partial charge in [0.2, 0.25) is 0 Å². The standard InChI is InChI=1S/C30H40N2O2/c1-8-25-28(29(33)22-12-14-30(9-2,15-13-22)18(3)4)24-17-23(27-20(6)32-34-21(27)7)16-19(5)10-11-26(24)31-25/h9,16-17,22,29,31,33H,2-3,8,10-15H2,1,4-7H3. The Morgan fingerprint density at radius 1 is 1.26 bits per heavy atom. The highest BCUT2D eigenvalue weighted by atomic mass is 16.5. The van der Waals surface area contributed by atoms with Gasteiger partial charge < -0.3 is 14.6 Å². The number of hydrogen-bond donors (Lipinski definition) is 2. The number of aromatic nitrogens is 2. The van der Waals surface area contributed by atoms with Gasteiger partial charge in [0.15, 0.2) is 0 Å². The lowest BCUT2D eigenvalue weighted by atomic mass is 9.65. The molecule has 4 heteroatoms. The van der Waals surface area contributed by atoms with Gasteiger partial charge >= 0.3 is 0 Å². The minimum Gasteiger partial charge on any atom is -0.388 e. The van der Waals surface area contributed by atoms with Crippen LogP contribution in [0.5, 0.6) is 0 Å². The highest BCUT2D eigenvalue weighted by molar-refractivity contribution is 5.91. The maximum Gasteiger partial charge on any atom is 0.141 e. The number of nitrogens with zero attached hydrogens (tertiary/aromatic N) is 1. The molecule has 0 amide bonds. The summed E-state index contributed by atoms with van der Waals surface area (Å²) in [5.74, 6) is 1.06. The van der Waals surface area contributed by atoms with Crippen molar-refractivity contribution < 1.29 is 9.63 Å². The van der Waals surface area contributed by atoms with E-state index in [0.717, 1.165) is 84.4 Å². The number of nitrogens with one attached hydrogen (secondary N) is 1. The van der Waals surface area contributed by atoms with Gasteiger partial charge in [-0.05, 0) is 90.2 Å². The molecule has 0 radical (unpaired) electrons. The van der Waals surface area contributed by atoms with Crippen LogP contribution in [-0.4, -0.2) is 15.2 Å². The first-order valence-corrected chi connectivity index (χ1v) is 12.7. The summed E-state index contributed by atoms with van der Waals surface area (Å²) in [5.41, 5.74) is 10.2. The predicted octanol–water partition coefficient (Wildman–Crippen LogP) is 7.59. The van der Waals surface area contributed by atoms with Crippen LogP contribution in [-0.2, 0) is 12.8 Å². The fourth-order valence-corrected chi connectivity index (χ4v) is 6.03. The van der Waals surface area contributed by atoms with Gasteiger partial charge in [0, 0.05) is 33.5 Å². The molecule has 1 saturated carbocycles. The lowest BCUT2D eigenvalue weighted by Crippen LogP contribution is -2.29. The highest BCUT2D eigenvalue weighted by Crippen LogP contribution is 2.49. The Kier molecular flexibility index (Phi) is 6.91. The van der Waals surface area contributed by atoms with Gasteiger partial charge in [-0.15, -0.1) is 6.58 Å². The van der Waals surface area contributed by atoms with Gasteiger partial charge in [0.25, 0.3) is 0 Å². The Hall–Kier alpha value is -2.59. The normalized spacial score (nSPS) is 23.9. The molecule has 2 heterocycles. The molecule has 0 saturated heterocycles. The van der Waals surface area contributed by atoms with Gasteiger partial charge in [-0.25, -0.2) is 0 Å². The maximum absolute atomic E-state index is 11.8. The van der Waals surface area contributed by atoms with Gasteiger partial charge in [0.05, 0.1) is 11.8 Å². The average molecular weight is 461 g/mol. The Morgan fingerprint density at radius 2 is 1.97 bits per heavy atom. The molecule has 0 bridgehead atoms.